The fourth-order valence-corrected chi connectivity index (χ4v) is 3.20. The first-order valence-electron chi connectivity index (χ1n) is 8.22. The summed E-state index contributed by atoms with van der Waals surface area (Å²) in [5.41, 5.74) is -0.217. The quantitative estimate of drug-likeness (QED) is 0.864. The highest BCUT2D eigenvalue weighted by Crippen LogP contribution is 2.27. The molecule has 1 aromatic carbocycles. The molecule has 1 unspecified atom stereocenters. The number of carbonyl (C=O) groups excluding carboxylic acids is 1. The van der Waals surface area contributed by atoms with Crippen molar-refractivity contribution in [2.45, 2.75) is 38.6 Å². The Labute approximate surface area is 139 Å². The first kappa shape index (κ1) is 16.5. The fraction of sp³-hybridized carbons (Fsp3) is 0.471. The summed E-state index contributed by atoms with van der Waals surface area (Å²) >= 11 is 0. The van der Waals surface area contributed by atoms with Crippen LogP contribution in [-0.2, 0) is 6.54 Å². The number of nitrogens with zero attached hydrogens (tertiary/aromatic N) is 4. The van der Waals surface area contributed by atoms with Gasteiger partial charge in [0.1, 0.15) is 23.8 Å². The topological polar surface area (TPSA) is 51.0 Å². The molecular weight excluding hydrogens is 314 g/mol. The molecule has 2 heterocycles. The molecular formula is C17H20F2N4O. The summed E-state index contributed by atoms with van der Waals surface area (Å²) in [6.07, 6.45) is 4.37. The predicted molar refractivity (Wildman–Crippen MR) is 84.5 cm³/mol. The molecule has 7 heteroatoms. The van der Waals surface area contributed by atoms with Gasteiger partial charge in [-0.25, -0.2) is 8.78 Å². The summed E-state index contributed by atoms with van der Waals surface area (Å²) in [4.78, 5) is 14.2. The Morgan fingerprint density at radius 3 is 3.00 bits per heavy atom. The molecule has 0 bridgehead atoms. The van der Waals surface area contributed by atoms with E-state index in [1.54, 1.807) is 11.2 Å². The number of benzene rings is 1. The molecule has 0 saturated carbocycles. The SMILES string of the molecule is CCCn1cnnc1C1CCCN(C(=O)c2cc(F)ccc2F)C1. The minimum absolute atomic E-state index is 0.0633. The van der Waals surface area contributed by atoms with Crippen LogP contribution in [0.4, 0.5) is 8.78 Å². The van der Waals surface area contributed by atoms with E-state index in [2.05, 4.69) is 17.1 Å². The maximum absolute atomic E-state index is 13.9. The van der Waals surface area contributed by atoms with Crippen molar-refractivity contribution in [2.24, 2.45) is 0 Å². The van der Waals surface area contributed by atoms with Gasteiger partial charge in [0, 0.05) is 25.6 Å². The lowest BCUT2D eigenvalue weighted by molar-refractivity contribution is 0.0698. The lowest BCUT2D eigenvalue weighted by atomic mass is 9.96. The molecule has 1 saturated heterocycles. The number of hydrogen-bond donors (Lipinski definition) is 0. The Kier molecular flexibility index (Phi) is 4.87. The summed E-state index contributed by atoms with van der Waals surface area (Å²) in [6, 6.07) is 2.96. The van der Waals surface area contributed by atoms with Crippen LogP contribution < -0.4 is 0 Å². The largest absolute Gasteiger partial charge is 0.338 e. The molecule has 0 aliphatic carbocycles. The van der Waals surface area contributed by atoms with Crippen LogP contribution in [0.5, 0.6) is 0 Å². The number of aromatic nitrogens is 3. The molecule has 1 aliphatic rings. The van der Waals surface area contributed by atoms with Crippen molar-refractivity contribution in [2.75, 3.05) is 13.1 Å². The molecule has 24 heavy (non-hydrogen) atoms. The lowest BCUT2D eigenvalue weighted by Gasteiger charge is -2.32. The highest BCUT2D eigenvalue weighted by atomic mass is 19.1. The van der Waals surface area contributed by atoms with E-state index >= 15 is 0 Å². The molecule has 1 fully saturated rings. The Hall–Kier alpha value is -2.31. The highest BCUT2D eigenvalue weighted by Gasteiger charge is 2.29. The van der Waals surface area contributed by atoms with Crippen LogP contribution in [-0.4, -0.2) is 38.7 Å². The number of rotatable bonds is 4. The van der Waals surface area contributed by atoms with Gasteiger partial charge in [0.05, 0.1) is 5.56 Å². The maximum Gasteiger partial charge on any atom is 0.256 e. The number of amides is 1. The van der Waals surface area contributed by atoms with Gasteiger partial charge in [-0.3, -0.25) is 4.79 Å². The zero-order valence-corrected chi connectivity index (χ0v) is 13.6. The molecule has 128 valence electrons. The van der Waals surface area contributed by atoms with Gasteiger partial charge >= 0.3 is 0 Å². The van der Waals surface area contributed by atoms with E-state index in [-0.39, 0.29) is 11.5 Å². The van der Waals surface area contributed by atoms with E-state index in [1.807, 2.05) is 4.57 Å². The third kappa shape index (κ3) is 3.29. The number of hydrogen-bond acceptors (Lipinski definition) is 3. The highest BCUT2D eigenvalue weighted by molar-refractivity contribution is 5.94. The second-order valence-corrected chi connectivity index (χ2v) is 6.10. The normalized spacial score (nSPS) is 18.0. The van der Waals surface area contributed by atoms with Crippen LogP contribution in [0.2, 0.25) is 0 Å². The fourth-order valence-electron chi connectivity index (χ4n) is 3.20. The summed E-state index contributed by atoms with van der Waals surface area (Å²) in [6.45, 7) is 3.88. The van der Waals surface area contributed by atoms with E-state index in [1.165, 1.54) is 0 Å². The van der Waals surface area contributed by atoms with Crippen LogP contribution in [0.15, 0.2) is 24.5 Å². The lowest BCUT2D eigenvalue weighted by Crippen LogP contribution is -2.40. The molecule has 2 aromatic rings. The van der Waals surface area contributed by atoms with Crippen LogP contribution in [0.25, 0.3) is 0 Å². The van der Waals surface area contributed by atoms with E-state index in [0.29, 0.717) is 13.1 Å². The molecule has 1 aliphatic heterocycles. The predicted octanol–water partition coefficient (Wildman–Crippen LogP) is 2.99. The van der Waals surface area contributed by atoms with Crippen molar-refractivity contribution in [1.82, 2.24) is 19.7 Å². The van der Waals surface area contributed by atoms with Crippen molar-refractivity contribution >= 4 is 5.91 Å². The molecule has 0 spiro atoms. The van der Waals surface area contributed by atoms with Crippen molar-refractivity contribution in [3.8, 4) is 0 Å². The molecule has 1 atom stereocenters. The van der Waals surface area contributed by atoms with Crippen LogP contribution >= 0.6 is 0 Å². The second-order valence-electron chi connectivity index (χ2n) is 6.10. The first-order chi connectivity index (χ1) is 11.6. The van der Waals surface area contributed by atoms with Gasteiger partial charge in [-0.1, -0.05) is 6.92 Å². The van der Waals surface area contributed by atoms with Gasteiger partial charge in [0.2, 0.25) is 0 Å². The van der Waals surface area contributed by atoms with E-state index in [0.717, 1.165) is 49.8 Å². The van der Waals surface area contributed by atoms with Crippen LogP contribution in [0.3, 0.4) is 0 Å². The van der Waals surface area contributed by atoms with Crippen LogP contribution in [0.1, 0.15) is 48.3 Å². The van der Waals surface area contributed by atoms with Gasteiger partial charge in [-0.05, 0) is 37.5 Å². The van der Waals surface area contributed by atoms with Gasteiger partial charge in [0.15, 0.2) is 0 Å². The minimum Gasteiger partial charge on any atom is -0.338 e. The number of aryl methyl sites for hydroxylation is 1. The number of halogens is 2. The van der Waals surface area contributed by atoms with Crippen molar-refractivity contribution in [3.63, 3.8) is 0 Å². The summed E-state index contributed by atoms with van der Waals surface area (Å²) < 4.78 is 29.2. The average molecular weight is 334 g/mol. The van der Waals surface area contributed by atoms with E-state index in [9.17, 15) is 13.6 Å². The Bertz CT molecular complexity index is 731. The molecule has 0 N–H and O–H groups in total. The smallest absolute Gasteiger partial charge is 0.256 e. The summed E-state index contributed by atoms with van der Waals surface area (Å²) in [7, 11) is 0. The molecule has 1 aromatic heterocycles. The number of likely N-dealkylation sites (tertiary alicyclic amines) is 1. The Balaban J connectivity index is 1.79. The third-order valence-electron chi connectivity index (χ3n) is 4.34. The molecule has 0 radical (unpaired) electrons. The van der Waals surface area contributed by atoms with E-state index < -0.39 is 17.5 Å². The average Bonchev–Trinajstić information content (AvgIpc) is 3.05. The van der Waals surface area contributed by atoms with Gasteiger partial charge in [-0.15, -0.1) is 10.2 Å². The zero-order chi connectivity index (χ0) is 17.1. The Morgan fingerprint density at radius 1 is 1.38 bits per heavy atom. The van der Waals surface area contributed by atoms with E-state index in [4.69, 9.17) is 0 Å². The second kappa shape index (κ2) is 7.07. The maximum atomic E-state index is 13.9. The Morgan fingerprint density at radius 2 is 2.21 bits per heavy atom. The molecule has 3 rings (SSSR count). The third-order valence-corrected chi connectivity index (χ3v) is 4.34. The van der Waals surface area contributed by atoms with Crippen molar-refractivity contribution in [3.05, 3.63) is 47.5 Å². The molecule has 5 nitrogen and oxygen atoms in total. The van der Waals surface area contributed by atoms with Gasteiger partial charge in [0.25, 0.3) is 5.91 Å². The number of piperidine rings is 1. The monoisotopic (exact) mass is 334 g/mol. The number of carbonyl (C=O) groups is 1. The molecule has 1 amide bonds. The van der Waals surface area contributed by atoms with Gasteiger partial charge < -0.3 is 9.47 Å². The van der Waals surface area contributed by atoms with Crippen molar-refractivity contribution < 1.29 is 13.6 Å². The van der Waals surface area contributed by atoms with Crippen LogP contribution in [0, 0.1) is 11.6 Å². The first-order valence-corrected chi connectivity index (χ1v) is 8.22. The minimum atomic E-state index is -0.697. The van der Waals surface area contributed by atoms with Gasteiger partial charge in [-0.2, -0.15) is 0 Å². The summed E-state index contributed by atoms with van der Waals surface area (Å²) in [5, 5.41) is 8.17. The summed E-state index contributed by atoms with van der Waals surface area (Å²) in [5.74, 6) is -0.866. The zero-order valence-electron chi connectivity index (χ0n) is 13.6. The van der Waals surface area contributed by atoms with Crippen molar-refractivity contribution in [1.29, 1.82) is 0 Å². The standard InChI is InChI=1S/C17H20F2N4O/c1-2-7-23-11-20-21-16(23)12-4-3-8-22(10-12)17(24)14-9-13(18)5-6-15(14)19/h5-6,9,11-12H,2-4,7-8,10H2,1H3.